The summed E-state index contributed by atoms with van der Waals surface area (Å²) in [4.78, 5) is 25.7. The van der Waals surface area contributed by atoms with E-state index in [1.807, 2.05) is 0 Å². The van der Waals surface area contributed by atoms with Crippen LogP contribution < -0.4 is 0 Å². The SMILES string of the molecule is N#Cc1ccc(C2CC3=C(CC(c4ccc(C#N)cc4)C3=O)C2=O)cc1. The Balaban J connectivity index is 1.56. The van der Waals surface area contributed by atoms with Crippen LogP contribution in [0.5, 0.6) is 0 Å². The zero-order chi connectivity index (χ0) is 18.3. The van der Waals surface area contributed by atoms with Crippen LogP contribution in [0, 0.1) is 22.7 Å². The van der Waals surface area contributed by atoms with E-state index in [-0.39, 0.29) is 23.4 Å². The fraction of sp³-hybridized carbons (Fsp3) is 0.182. The molecule has 2 atom stereocenters. The van der Waals surface area contributed by atoms with Gasteiger partial charge in [-0.2, -0.15) is 10.5 Å². The van der Waals surface area contributed by atoms with Crippen molar-refractivity contribution in [3.05, 3.63) is 81.9 Å². The third-order valence-corrected chi connectivity index (χ3v) is 5.29. The molecule has 2 aromatic carbocycles. The van der Waals surface area contributed by atoms with Crippen molar-refractivity contribution in [1.82, 2.24) is 0 Å². The second kappa shape index (κ2) is 6.10. The molecule has 124 valence electrons. The number of carbonyl (C=O) groups excluding carboxylic acids is 2. The summed E-state index contributed by atoms with van der Waals surface area (Å²) in [6.07, 6.45) is 0.872. The van der Waals surface area contributed by atoms with E-state index < -0.39 is 0 Å². The van der Waals surface area contributed by atoms with E-state index >= 15 is 0 Å². The predicted octanol–water partition coefficient (Wildman–Crippen LogP) is 3.54. The average molecular weight is 338 g/mol. The molecule has 0 saturated carbocycles. The lowest BCUT2D eigenvalue weighted by Gasteiger charge is -2.15. The highest BCUT2D eigenvalue weighted by Gasteiger charge is 2.44. The summed E-state index contributed by atoms with van der Waals surface area (Å²) >= 11 is 0. The number of rotatable bonds is 2. The van der Waals surface area contributed by atoms with Crippen molar-refractivity contribution >= 4 is 11.6 Å². The minimum Gasteiger partial charge on any atom is -0.294 e. The van der Waals surface area contributed by atoms with Crippen LogP contribution in [0.25, 0.3) is 0 Å². The molecular weight excluding hydrogens is 324 g/mol. The van der Waals surface area contributed by atoms with Crippen molar-refractivity contribution in [3.8, 4) is 12.1 Å². The summed E-state index contributed by atoms with van der Waals surface area (Å²) in [6, 6.07) is 18.1. The number of benzene rings is 2. The Morgan fingerprint density at radius 2 is 1.00 bits per heavy atom. The van der Waals surface area contributed by atoms with Gasteiger partial charge < -0.3 is 0 Å². The lowest BCUT2D eigenvalue weighted by molar-refractivity contribution is -0.116. The molecule has 0 aromatic heterocycles. The van der Waals surface area contributed by atoms with Gasteiger partial charge in [0, 0.05) is 11.1 Å². The van der Waals surface area contributed by atoms with Crippen LogP contribution >= 0.6 is 0 Å². The van der Waals surface area contributed by atoms with Gasteiger partial charge in [0.2, 0.25) is 0 Å². The number of allylic oxidation sites excluding steroid dienone is 2. The van der Waals surface area contributed by atoms with E-state index in [2.05, 4.69) is 12.1 Å². The van der Waals surface area contributed by atoms with Crippen molar-refractivity contribution in [3.63, 3.8) is 0 Å². The maximum atomic E-state index is 12.8. The molecule has 4 rings (SSSR count). The molecule has 2 aliphatic carbocycles. The van der Waals surface area contributed by atoms with E-state index in [9.17, 15) is 9.59 Å². The summed E-state index contributed by atoms with van der Waals surface area (Å²) in [6.45, 7) is 0. The minimum absolute atomic E-state index is 0.0224. The lowest BCUT2D eigenvalue weighted by Crippen LogP contribution is -2.14. The Morgan fingerprint density at radius 3 is 1.31 bits per heavy atom. The molecule has 2 aliphatic rings. The van der Waals surface area contributed by atoms with Gasteiger partial charge in [0.05, 0.1) is 35.1 Å². The van der Waals surface area contributed by atoms with Gasteiger partial charge in [0.25, 0.3) is 0 Å². The number of nitriles is 2. The fourth-order valence-corrected chi connectivity index (χ4v) is 3.88. The second-order valence-corrected chi connectivity index (χ2v) is 6.67. The van der Waals surface area contributed by atoms with Gasteiger partial charge in [-0.15, -0.1) is 0 Å². The normalized spacial score (nSPS) is 21.5. The number of ketones is 2. The number of nitrogens with zero attached hydrogens (tertiary/aromatic N) is 2. The van der Waals surface area contributed by atoms with E-state index in [1.54, 1.807) is 48.5 Å². The highest BCUT2D eigenvalue weighted by atomic mass is 16.1. The maximum Gasteiger partial charge on any atom is 0.167 e. The van der Waals surface area contributed by atoms with Crippen molar-refractivity contribution in [2.24, 2.45) is 0 Å². The zero-order valence-electron chi connectivity index (χ0n) is 13.9. The standard InChI is InChI=1S/C22H14N2O2/c23-11-13-1-5-15(6-2-13)17-9-19-20(21(17)25)10-18(22(19)26)16-7-3-14(12-24)4-8-16/h1-8,17-18H,9-10H2. The smallest absolute Gasteiger partial charge is 0.167 e. The van der Waals surface area contributed by atoms with Gasteiger partial charge in [-0.25, -0.2) is 0 Å². The van der Waals surface area contributed by atoms with E-state index in [0.717, 1.165) is 11.1 Å². The number of carbonyl (C=O) groups is 2. The molecule has 0 fully saturated rings. The molecule has 26 heavy (non-hydrogen) atoms. The summed E-state index contributed by atoms with van der Waals surface area (Å²) < 4.78 is 0. The van der Waals surface area contributed by atoms with Gasteiger partial charge in [-0.1, -0.05) is 24.3 Å². The first kappa shape index (κ1) is 16.0. The van der Waals surface area contributed by atoms with Crippen LogP contribution in [0.1, 0.15) is 46.9 Å². The predicted molar refractivity (Wildman–Crippen MR) is 94.1 cm³/mol. The summed E-state index contributed by atoms with van der Waals surface area (Å²) in [5.41, 5.74) is 4.11. The maximum absolute atomic E-state index is 12.8. The van der Waals surface area contributed by atoms with E-state index in [1.165, 1.54) is 0 Å². The highest BCUT2D eigenvalue weighted by Crippen LogP contribution is 2.47. The first-order chi connectivity index (χ1) is 12.6. The van der Waals surface area contributed by atoms with Crippen LogP contribution in [-0.2, 0) is 9.59 Å². The second-order valence-electron chi connectivity index (χ2n) is 6.67. The van der Waals surface area contributed by atoms with Crippen LogP contribution in [-0.4, -0.2) is 11.6 Å². The van der Waals surface area contributed by atoms with E-state index in [4.69, 9.17) is 10.5 Å². The third kappa shape index (κ3) is 2.44. The topological polar surface area (TPSA) is 81.7 Å². The highest BCUT2D eigenvalue weighted by molar-refractivity contribution is 6.17. The number of Topliss-reactive ketones (excluding diaryl/α,β-unsaturated/α-hetero) is 2. The first-order valence-electron chi connectivity index (χ1n) is 8.43. The molecule has 2 unspecified atom stereocenters. The van der Waals surface area contributed by atoms with Crippen molar-refractivity contribution in [1.29, 1.82) is 10.5 Å². The molecule has 0 N–H and O–H groups in total. The Bertz CT molecular complexity index is 946. The van der Waals surface area contributed by atoms with Crippen LogP contribution in [0.3, 0.4) is 0 Å². The molecule has 4 heteroatoms. The van der Waals surface area contributed by atoms with Crippen LogP contribution in [0.2, 0.25) is 0 Å². The fourth-order valence-electron chi connectivity index (χ4n) is 3.88. The van der Waals surface area contributed by atoms with Crippen molar-refractivity contribution < 1.29 is 9.59 Å². The summed E-state index contributed by atoms with van der Waals surface area (Å²) in [5.74, 6) is -0.597. The van der Waals surface area contributed by atoms with Gasteiger partial charge in [0.1, 0.15) is 0 Å². The van der Waals surface area contributed by atoms with E-state index in [0.29, 0.717) is 35.1 Å². The largest absolute Gasteiger partial charge is 0.294 e. The molecule has 4 nitrogen and oxygen atoms in total. The molecule has 0 saturated heterocycles. The molecular formula is C22H14N2O2. The molecule has 2 aromatic rings. The molecule has 0 spiro atoms. The van der Waals surface area contributed by atoms with Gasteiger partial charge in [-0.05, 0) is 48.2 Å². The van der Waals surface area contributed by atoms with Crippen molar-refractivity contribution in [2.45, 2.75) is 24.7 Å². The monoisotopic (exact) mass is 338 g/mol. The van der Waals surface area contributed by atoms with Crippen LogP contribution in [0.4, 0.5) is 0 Å². The van der Waals surface area contributed by atoms with Crippen LogP contribution in [0.15, 0.2) is 59.7 Å². The molecule has 0 heterocycles. The Hall–Kier alpha value is -3.50. The summed E-state index contributed by atoms with van der Waals surface area (Å²) in [7, 11) is 0. The Morgan fingerprint density at radius 1 is 0.654 bits per heavy atom. The van der Waals surface area contributed by atoms with Crippen molar-refractivity contribution in [2.75, 3.05) is 0 Å². The molecule has 0 aliphatic heterocycles. The zero-order valence-corrected chi connectivity index (χ0v) is 13.9. The van der Waals surface area contributed by atoms with Gasteiger partial charge in [0.15, 0.2) is 11.6 Å². The lowest BCUT2D eigenvalue weighted by atomic mass is 9.86. The summed E-state index contributed by atoms with van der Waals surface area (Å²) in [5, 5.41) is 17.8. The number of hydrogen-bond acceptors (Lipinski definition) is 4. The molecule has 0 bridgehead atoms. The quantitative estimate of drug-likeness (QED) is 0.838. The average Bonchev–Trinajstić information content (AvgIpc) is 3.19. The van der Waals surface area contributed by atoms with Gasteiger partial charge in [-0.3, -0.25) is 9.59 Å². The Kier molecular flexibility index (Phi) is 3.75. The Labute approximate surface area is 151 Å². The minimum atomic E-state index is -0.321. The molecule has 0 radical (unpaired) electrons. The van der Waals surface area contributed by atoms with Gasteiger partial charge >= 0.3 is 0 Å². The first-order valence-corrected chi connectivity index (χ1v) is 8.43. The molecule has 0 amide bonds. The number of hydrogen-bond donors (Lipinski definition) is 0. The third-order valence-electron chi connectivity index (χ3n) is 5.29.